The number of nitrogens with one attached hydrogen (secondary N) is 2. The van der Waals surface area contributed by atoms with Gasteiger partial charge in [-0.15, -0.1) is 0 Å². The van der Waals surface area contributed by atoms with Crippen LogP contribution in [0.2, 0.25) is 5.02 Å². The molecule has 0 bridgehead atoms. The van der Waals surface area contributed by atoms with Gasteiger partial charge in [0.05, 0.1) is 23.5 Å². The van der Waals surface area contributed by atoms with Gasteiger partial charge >= 0.3 is 0 Å². The highest BCUT2D eigenvalue weighted by molar-refractivity contribution is 6.34. The number of methoxy groups -OCH3 is 1. The topological polar surface area (TPSA) is 72.6 Å². The molecule has 0 amide bonds. The van der Waals surface area contributed by atoms with Gasteiger partial charge in [-0.05, 0) is 63.9 Å². The second-order valence-corrected chi connectivity index (χ2v) is 10.9. The average molecular weight is 526 g/mol. The minimum Gasteiger partial charge on any atom is -0.383 e. The zero-order chi connectivity index (χ0) is 25.8. The molecule has 0 atom stereocenters. The Morgan fingerprint density at radius 2 is 1.86 bits per heavy atom. The lowest BCUT2D eigenvalue weighted by Gasteiger charge is -2.35. The quantitative estimate of drug-likeness (QED) is 0.441. The first-order valence-corrected chi connectivity index (χ1v) is 14.0. The fourth-order valence-electron chi connectivity index (χ4n) is 5.48. The molecule has 2 aliphatic heterocycles. The third-order valence-electron chi connectivity index (χ3n) is 7.79. The molecule has 1 aromatic carbocycles. The van der Waals surface area contributed by atoms with E-state index < -0.39 is 0 Å². The zero-order valence-corrected chi connectivity index (χ0v) is 23.1. The molecule has 5 rings (SSSR count). The minimum absolute atomic E-state index is 0.392. The Morgan fingerprint density at radius 1 is 1.08 bits per heavy atom. The highest BCUT2D eigenvalue weighted by atomic mass is 35.5. The van der Waals surface area contributed by atoms with Crippen molar-refractivity contribution >= 4 is 34.1 Å². The van der Waals surface area contributed by atoms with Gasteiger partial charge in [-0.3, -0.25) is 4.90 Å². The molecule has 2 saturated heterocycles. The number of halogens is 1. The van der Waals surface area contributed by atoms with E-state index in [9.17, 15) is 0 Å². The fraction of sp³-hybridized carbons (Fsp3) is 0.571. The number of hydrogen-bond donors (Lipinski definition) is 2. The number of aromatic amines is 1. The molecule has 2 N–H and O–H groups in total. The van der Waals surface area contributed by atoms with Crippen molar-refractivity contribution in [2.75, 3.05) is 69.7 Å². The van der Waals surface area contributed by atoms with E-state index in [0.717, 1.165) is 94.3 Å². The molecule has 9 heteroatoms. The highest BCUT2D eigenvalue weighted by Crippen LogP contribution is 2.32. The van der Waals surface area contributed by atoms with Gasteiger partial charge in [-0.1, -0.05) is 11.6 Å². The van der Waals surface area contributed by atoms with Gasteiger partial charge in [-0.2, -0.15) is 0 Å². The number of ether oxygens (including phenoxy) is 1. The summed E-state index contributed by atoms with van der Waals surface area (Å²) in [5, 5.41) is 4.33. The summed E-state index contributed by atoms with van der Waals surface area (Å²) in [7, 11) is 1.77. The number of H-pyrrole nitrogens is 1. The van der Waals surface area contributed by atoms with Crippen LogP contribution in [0.25, 0.3) is 22.6 Å². The molecule has 2 aromatic heterocycles. The van der Waals surface area contributed by atoms with Gasteiger partial charge in [0, 0.05) is 69.7 Å². The molecule has 8 nitrogen and oxygen atoms in total. The van der Waals surface area contributed by atoms with Crippen molar-refractivity contribution < 1.29 is 4.74 Å². The van der Waals surface area contributed by atoms with E-state index in [-0.39, 0.29) is 0 Å². The van der Waals surface area contributed by atoms with Crippen molar-refractivity contribution in [1.82, 2.24) is 24.8 Å². The Labute approximate surface area is 225 Å². The van der Waals surface area contributed by atoms with Crippen LogP contribution in [0.4, 0.5) is 11.4 Å². The predicted molar refractivity (Wildman–Crippen MR) is 153 cm³/mol. The van der Waals surface area contributed by atoms with Crippen LogP contribution >= 0.6 is 11.6 Å². The molecule has 2 aliphatic rings. The van der Waals surface area contributed by atoms with Crippen molar-refractivity contribution in [2.45, 2.75) is 45.2 Å². The third-order valence-corrected chi connectivity index (χ3v) is 8.07. The summed E-state index contributed by atoms with van der Waals surface area (Å²) >= 11 is 6.62. The molecule has 0 spiro atoms. The Kier molecular flexibility index (Phi) is 8.49. The number of likely N-dealkylation sites (tertiary alicyclic amines) is 1. The van der Waals surface area contributed by atoms with Crippen molar-refractivity contribution in [3.63, 3.8) is 0 Å². The maximum absolute atomic E-state index is 6.62. The van der Waals surface area contributed by atoms with E-state index in [0.29, 0.717) is 22.8 Å². The van der Waals surface area contributed by atoms with Crippen LogP contribution in [0, 0.1) is 0 Å². The number of fused-ring (bicyclic) bond motifs is 1. The number of anilines is 2. The van der Waals surface area contributed by atoms with Crippen LogP contribution in [0.5, 0.6) is 0 Å². The van der Waals surface area contributed by atoms with Crippen molar-refractivity contribution in [3.05, 3.63) is 35.5 Å². The first-order chi connectivity index (χ1) is 18.0. The van der Waals surface area contributed by atoms with E-state index >= 15 is 0 Å². The van der Waals surface area contributed by atoms with Gasteiger partial charge in [0.1, 0.15) is 11.3 Å². The summed E-state index contributed by atoms with van der Waals surface area (Å²) in [5.74, 6) is 0.815. The Hall–Kier alpha value is -2.39. The van der Waals surface area contributed by atoms with E-state index in [1.54, 1.807) is 13.3 Å². The van der Waals surface area contributed by atoms with Gasteiger partial charge in [0.15, 0.2) is 5.65 Å². The average Bonchev–Trinajstić information content (AvgIpc) is 3.21. The van der Waals surface area contributed by atoms with Crippen LogP contribution in [-0.2, 0) is 4.74 Å². The van der Waals surface area contributed by atoms with E-state index in [2.05, 4.69) is 68.1 Å². The number of hydrogen-bond acceptors (Lipinski definition) is 7. The second-order valence-electron chi connectivity index (χ2n) is 10.5. The summed E-state index contributed by atoms with van der Waals surface area (Å²) in [4.78, 5) is 20.3. The van der Waals surface area contributed by atoms with E-state index in [4.69, 9.17) is 21.3 Å². The molecule has 0 saturated carbocycles. The third kappa shape index (κ3) is 6.20. The maximum Gasteiger partial charge on any atom is 0.180 e. The van der Waals surface area contributed by atoms with Crippen molar-refractivity contribution in [2.24, 2.45) is 0 Å². The normalized spacial score (nSPS) is 18.6. The smallest absolute Gasteiger partial charge is 0.180 e. The Balaban J connectivity index is 1.28. The Morgan fingerprint density at radius 3 is 2.59 bits per heavy atom. The fourth-order valence-corrected chi connectivity index (χ4v) is 5.68. The lowest BCUT2D eigenvalue weighted by molar-refractivity contribution is 0.152. The van der Waals surface area contributed by atoms with Gasteiger partial charge < -0.3 is 24.8 Å². The van der Waals surface area contributed by atoms with E-state index in [1.165, 1.54) is 5.69 Å². The van der Waals surface area contributed by atoms with Crippen LogP contribution < -0.4 is 10.2 Å². The van der Waals surface area contributed by atoms with Gasteiger partial charge in [0.2, 0.25) is 0 Å². The number of benzene rings is 1. The predicted octanol–water partition coefficient (Wildman–Crippen LogP) is 4.72. The summed E-state index contributed by atoms with van der Waals surface area (Å²) in [6, 6.07) is 9.69. The highest BCUT2D eigenvalue weighted by Gasteiger charge is 2.23. The lowest BCUT2D eigenvalue weighted by atomic mass is 10.0. The number of rotatable bonds is 8. The monoisotopic (exact) mass is 525 g/mol. The van der Waals surface area contributed by atoms with Crippen LogP contribution in [0.1, 0.15) is 33.1 Å². The molecule has 3 aromatic rings. The van der Waals surface area contributed by atoms with Crippen LogP contribution in [0.3, 0.4) is 0 Å². The first-order valence-electron chi connectivity index (χ1n) is 13.6. The van der Waals surface area contributed by atoms with Crippen molar-refractivity contribution in [3.8, 4) is 11.4 Å². The standard InChI is InChI=1S/C28H40ClN7O/c1-20(2)35-13-9-22(10-14-35)31-25-24(29)19-30-28-26(25)32-27(33-28)21-5-7-23(8-6-21)36-12-4-11-34(15-16-36)17-18-37-3/h5-8,19-20,22H,4,9-18H2,1-3H3,(H2,30,31,32,33). The van der Waals surface area contributed by atoms with Crippen molar-refractivity contribution in [1.29, 1.82) is 0 Å². The van der Waals surface area contributed by atoms with Crippen LogP contribution in [-0.4, -0.2) is 96.4 Å². The molecule has 37 heavy (non-hydrogen) atoms. The molecular weight excluding hydrogens is 486 g/mol. The lowest BCUT2D eigenvalue weighted by Crippen LogP contribution is -2.42. The molecule has 4 heterocycles. The molecule has 0 radical (unpaired) electrons. The molecule has 0 unspecified atom stereocenters. The summed E-state index contributed by atoms with van der Waals surface area (Å²) < 4.78 is 5.26. The number of nitrogens with zero attached hydrogens (tertiary/aromatic N) is 5. The summed E-state index contributed by atoms with van der Waals surface area (Å²) in [5.41, 5.74) is 4.78. The maximum atomic E-state index is 6.62. The molecule has 2 fully saturated rings. The SMILES string of the molecule is COCCN1CCCN(c2ccc(-c3nc4ncc(Cl)c(NC5CCN(C(C)C)CC5)c4[nH]3)cc2)CC1. The van der Waals surface area contributed by atoms with Crippen LogP contribution in [0.15, 0.2) is 30.5 Å². The summed E-state index contributed by atoms with van der Waals surface area (Å²) in [6.45, 7) is 12.8. The molecule has 0 aliphatic carbocycles. The van der Waals surface area contributed by atoms with E-state index in [1.807, 2.05) is 0 Å². The first kappa shape index (κ1) is 26.2. The number of piperidine rings is 1. The largest absolute Gasteiger partial charge is 0.383 e. The number of aromatic nitrogens is 3. The number of pyridine rings is 1. The zero-order valence-electron chi connectivity index (χ0n) is 22.3. The summed E-state index contributed by atoms with van der Waals surface area (Å²) in [6.07, 6.45) is 5.06. The number of imidazole rings is 1. The van der Waals surface area contributed by atoms with Gasteiger partial charge in [0.25, 0.3) is 0 Å². The van der Waals surface area contributed by atoms with Gasteiger partial charge in [-0.25, -0.2) is 9.97 Å². The molecule has 200 valence electrons. The minimum atomic E-state index is 0.392. The second kappa shape index (κ2) is 12.0. The molecular formula is C28H40ClN7O. The Bertz CT molecular complexity index is 1160.